The van der Waals surface area contributed by atoms with E-state index >= 15 is 0 Å². The van der Waals surface area contributed by atoms with E-state index in [9.17, 15) is 0 Å². The molecule has 1 aromatic rings. The van der Waals surface area contributed by atoms with Crippen LogP contribution in [0.15, 0.2) is 35.3 Å². The van der Waals surface area contributed by atoms with E-state index in [4.69, 9.17) is 9.47 Å². The lowest BCUT2D eigenvalue weighted by molar-refractivity contribution is 0.125. The van der Waals surface area contributed by atoms with Gasteiger partial charge in [-0.2, -0.15) is 0 Å². The third-order valence-corrected chi connectivity index (χ3v) is 2.47. The molecule has 2 N–H and O–H groups in total. The number of hydrogen-bond acceptors (Lipinski definition) is 3. The Balaban J connectivity index is 0.00000361. The van der Waals surface area contributed by atoms with Crippen molar-refractivity contribution in [3.05, 3.63) is 35.9 Å². The molecule has 0 bridgehead atoms. The Morgan fingerprint density at radius 2 is 1.75 bits per heavy atom. The maximum Gasteiger partial charge on any atom is 0.191 e. The lowest BCUT2D eigenvalue weighted by atomic mass is 10.2. The second-order valence-corrected chi connectivity index (χ2v) is 3.96. The first-order valence-electron chi connectivity index (χ1n) is 6.42. The van der Waals surface area contributed by atoms with Crippen LogP contribution in [0.3, 0.4) is 0 Å². The summed E-state index contributed by atoms with van der Waals surface area (Å²) in [6.45, 7) is 3.39. The fraction of sp³-hybridized carbons (Fsp3) is 0.500. The van der Waals surface area contributed by atoms with E-state index in [1.54, 1.807) is 14.2 Å². The van der Waals surface area contributed by atoms with Gasteiger partial charge in [-0.15, -0.1) is 24.0 Å². The fourth-order valence-corrected chi connectivity index (χ4v) is 1.50. The minimum atomic E-state index is 0. The first-order chi connectivity index (χ1) is 9.36. The lowest BCUT2D eigenvalue weighted by Gasteiger charge is -2.11. The van der Waals surface area contributed by atoms with Crippen LogP contribution in [0.5, 0.6) is 0 Å². The third kappa shape index (κ3) is 9.11. The largest absolute Gasteiger partial charge is 0.383 e. The molecular formula is C14H24IN3O2. The van der Waals surface area contributed by atoms with Gasteiger partial charge >= 0.3 is 0 Å². The molecule has 1 aromatic carbocycles. The minimum absolute atomic E-state index is 0. The number of nitrogens with zero attached hydrogens (tertiary/aromatic N) is 1. The highest BCUT2D eigenvalue weighted by Crippen LogP contribution is 1.99. The second-order valence-electron chi connectivity index (χ2n) is 3.96. The Morgan fingerprint density at radius 1 is 1.10 bits per heavy atom. The molecule has 20 heavy (non-hydrogen) atoms. The van der Waals surface area contributed by atoms with Crippen molar-refractivity contribution in [3.63, 3.8) is 0 Å². The van der Waals surface area contributed by atoms with Gasteiger partial charge in [0.2, 0.25) is 0 Å². The summed E-state index contributed by atoms with van der Waals surface area (Å²) in [5, 5.41) is 6.31. The molecule has 0 aromatic heterocycles. The van der Waals surface area contributed by atoms with Crippen molar-refractivity contribution in [2.75, 3.05) is 40.5 Å². The topological polar surface area (TPSA) is 54.9 Å². The standard InChI is InChI=1S/C14H23N3O2.HI/c1-15-14(16-8-10-18-2)17-9-11-19-12-13-6-4-3-5-7-13;/h3-7H,8-12H2,1-2H3,(H2,15,16,17);1H. The van der Waals surface area contributed by atoms with Crippen LogP contribution in [0.1, 0.15) is 5.56 Å². The molecule has 1 rings (SSSR count). The van der Waals surface area contributed by atoms with Crippen LogP contribution in [0.2, 0.25) is 0 Å². The third-order valence-electron chi connectivity index (χ3n) is 2.47. The summed E-state index contributed by atoms with van der Waals surface area (Å²) in [6.07, 6.45) is 0. The predicted octanol–water partition coefficient (Wildman–Crippen LogP) is 1.63. The molecule has 6 heteroatoms. The predicted molar refractivity (Wildman–Crippen MR) is 92.8 cm³/mol. The van der Waals surface area contributed by atoms with Gasteiger partial charge in [0.05, 0.1) is 19.8 Å². The molecule has 0 saturated carbocycles. The maximum atomic E-state index is 5.57. The minimum Gasteiger partial charge on any atom is -0.383 e. The van der Waals surface area contributed by atoms with Crippen LogP contribution >= 0.6 is 24.0 Å². The van der Waals surface area contributed by atoms with Crippen molar-refractivity contribution >= 4 is 29.9 Å². The van der Waals surface area contributed by atoms with Gasteiger partial charge in [-0.3, -0.25) is 4.99 Å². The monoisotopic (exact) mass is 393 g/mol. The van der Waals surface area contributed by atoms with E-state index in [2.05, 4.69) is 27.8 Å². The van der Waals surface area contributed by atoms with Crippen LogP contribution < -0.4 is 10.6 Å². The van der Waals surface area contributed by atoms with Gasteiger partial charge < -0.3 is 20.1 Å². The number of methoxy groups -OCH3 is 1. The van der Waals surface area contributed by atoms with E-state index in [1.165, 1.54) is 5.56 Å². The summed E-state index contributed by atoms with van der Waals surface area (Å²) in [5.74, 6) is 0.764. The molecule has 114 valence electrons. The number of benzene rings is 1. The van der Waals surface area contributed by atoms with Gasteiger partial charge in [-0.1, -0.05) is 30.3 Å². The first kappa shape index (κ1) is 19.1. The van der Waals surface area contributed by atoms with Crippen molar-refractivity contribution in [1.29, 1.82) is 0 Å². The Kier molecular flexibility index (Phi) is 12.6. The molecule has 0 aliphatic carbocycles. The van der Waals surface area contributed by atoms with Crippen LogP contribution in [0.25, 0.3) is 0 Å². The van der Waals surface area contributed by atoms with Crippen molar-refractivity contribution in [1.82, 2.24) is 10.6 Å². The molecular weight excluding hydrogens is 369 g/mol. The fourth-order valence-electron chi connectivity index (χ4n) is 1.50. The van der Waals surface area contributed by atoms with Crippen LogP contribution in [-0.2, 0) is 16.1 Å². The zero-order chi connectivity index (χ0) is 13.8. The van der Waals surface area contributed by atoms with E-state index in [0.717, 1.165) is 19.0 Å². The summed E-state index contributed by atoms with van der Waals surface area (Å²) < 4.78 is 10.5. The van der Waals surface area contributed by atoms with Gasteiger partial charge in [0, 0.05) is 27.2 Å². The first-order valence-corrected chi connectivity index (χ1v) is 6.42. The zero-order valence-electron chi connectivity index (χ0n) is 12.1. The van der Waals surface area contributed by atoms with E-state index in [0.29, 0.717) is 19.8 Å². The molecule has 0 heterocycles. The van der Waals surface area contributed by atoms with Crippen LogP contribution in [0, 0.1) is 0 Å². The van der Waals surface area contributed by atoms with E-state index < -0.39 is 0 Å². The Hall–Kier alpha value is -0.860. The van der Waals surface area contributed by atoms with Crippen LogP contribution in [0.4, 0.5) is 0 Å². The number of guanidine groups is 1. The molecule has 5 nitrogen and oxygen atoms in total. The summed E-state index contributed by atoms with van der Waals surface area (Å²) in [4.78, 5) is 4.10. The summed E-state index contributed by atoms with van der Waals surface area (Å²) in [5.41, 5.74) is 1.19. The van der Waals surface area contributed by atoms with E-state index in [1.807, 2.05) is 18.2 Å². The van der Waals surface area contributed by atoms with Crippen molar-refractivity contribution in [3.8, 4) is 0 Å². The molecule has 0 radical (unpaired) electrons. The number of aliphatic imine (C=N–C) groups is 1. The van der Waals surface area contributed by atoms with Gasteiger partial charge in [-0.05, 0) is 5.56 Å². The summed E-state index contributed by atoms with van der Waals surface area (Å²) in [7, 11) is 3.42. The average Bonchev–Trinajstić information content (AvgIpc) is 2.46. The molecule has 0 aliphatic rings. The molecule has 0 saturated heterocycles. The average molecular weight is 393 g/mol. The molecule has 0 spiro atoms. The highest BCUT2D eigenvalue weighted by atomic mass is 127. The van der Waals surface area contributed by atoms with Gasteiger partial charge in [0.15, 0.2) is 5.96 Å². The highest BCUT2D eigenvalue weighted by Gasteiger charge is 1.96. The number of ether oxygens (including phenoxy) is 2. The van der Waals surface area contributed by atoms with Gasteiger partial charge in [-0.25, -0.2) is 0 Å². The SMILES string of the molecule is CN=C(NCCOC)NCCOCc1ccccc1.I. The van der Waals surface area contributed by atoms with E-state index in [-0.39, 0.29) is 24.0 Å². The lowest BCUT2D eigenvalue weighted by Crippen LogP contribution is -2.40. The normalized spacial score (nSPS) is 10.8. The van der Waals surface area contributed by atoms with Gasteiger partial charge in [0.1, 0.15) is 0 Å². The Bertz CT molecular complexity index is 361. The second kappa shape index (κ2) is 13.1. The van der Waals surface area contributed by atoms with Crippen molar-refractivity contribution < 1.29 is 9.47 Å². The number of nitrogens with one attached hydrogen (secondary N) is 2. The Morgan fingerprint density at radius 3 is 2.35 bits per heavy atom. The van der Waals surface area contributed by atoms with Crippen molar-refractivity contribution in [2.45, 2.75) is 6.61 Å². The molecule has 0 amide bonds. The zero-order valence-corrected chi connectivity index (χ0v) is 14.4. The number of hydrogen-bond donors (Lipinski definition) is 2. The summed E-state index contributed by atoms with van der Waals surface area (Å²) >= 11 is 0. The molecule has 0 aliphatic heterocycles. The number of rotatable bonds is 8. The molecule has 0 unspecified atom stereocenters. The molecule has 0 fully saturated rings. The Labute approximate surface area is 138 Å². The molecule has 0 atom stereocenters. The highest BCUT2D eigenvalue weighted by molar-refractivity contribution is 14.0. The van der Waals surface area contributed by atoms with Gasteiger partial charge in [0.25, 0.3) is 0 Å². The maximum absolute atomic E-state index is 5.57. The van der Waals surface area contributed by atoms with Crippen LogP contribution in [-0.4, -0.2) is 46.4 Å². The quantitative estimate of drug-likeness (QED) is 0.305. The summed E-state index contributed by atoms with van der Waals surface area (Å²) in [6, 6.07) is 10.1. The number of halogens is 1. The smallest absolute Gasteiger partial charge is 0.191 e. The van der Waals surface area contributed by atoms with Crippen molar-refractivity contribution in [2.24, 2.45) is 4.99 Å².